The van der Waals surface area contributed by atoms with E-state index >= 15 is 0 Å². The van der Waals surface area contributed by atoms with E-state index in [2.05, 4.69) is 65.8 Å². The summed E-state index contributed by atoms with van der Waals surface area (Å²) >= 11 is 0. The third-order valence-corrected chi connectivity index (χ3v) is 6.92. The second-order valence-electron chi connectivity index (χ2n) is 9.03. The molecule has 1 aromatic carbocycles. The summed E-state index contributed by atoms with van der Waals surface area (Å²) in [4.78, 5) is 12.7. The molecule has 1 atom stereocenters. The van der Waals surface area contributed by atoms with Crippen molar-refractivity contribution >= 4 is 16.7 Å². The molecule has 2 aromatic rings. The van der Waals surface area contributed by atoms with Crippen molar-refractivity contribution in [2.75, 3.05) is 44.2 Å². The minimum Gasteiger partial charge on any atom is -0.396 e. The van der Waals surface area contributed by atoms with Crippen LogP contribution in [0.3, 0.4) is 0 Å². The zero-order valence-corrected chi connectivity index (χ0v) is 18.2. The predicted molar refractivity (Wildman–Crippen MR) is 121 cm³/mol. The highest BCUT2D eigenvalue weighted by Gasteiger charge is 2.34. The second-order valence-corrected chi connectivity index (χ2v) is 9.03. The van der Waals surface area contributed by atoms with E-state index in [1.54, 1.807) is 0 Å². The van der Waals surface area contributed by atoms with Gasteiger partial charge >= 0.3 is 0 Å². The Kier molecular flexibility index (Phi) is 6.38. The number of piperazine rings is 1. The van der Waals surface area contributed by atoms with Gasteiger partial charge in [0.1, 0.15) is 5.82 Å². The van der Waals surface area contributed by atoms with Crippen LogP contribution in [0.4, 0.5) is 5.82 Å². The Morgan fingerprint density at radius 2 is 1.86 bits per heavy atom. The molecule has 0 radical (unpaired) electrons. The zero-order chi connectivity index (χ0) is 20.4. The highest BCUT2D eigenvalue weighted by Crippen LogP contribution is 2.28. The van der Waals surface area contributed by atoms with Crippen molar-refractivity contribution in [3.63, 3.8) is 0 Å². The number of nitrogens with zero attached hydrogens (tertiary/aromatic N) is 4. The molecule has 3 heterocycles. The third kappa shape index (κ3) is 4.42. The van der Waals surface area contributed by atoms with Gasteiger partial charge in [0.15, 0.2) is 0 Å². The lowest BCUT2D eigenvalue weighted by molar-refractivity contribution is 0.0463. The molecular formula is C24H36N4O. The van der Waals surface area contributed by atoms with Gasteiger partial charge in [0.2, 0.25) is 0 Å². The zero-order valence-electron chi connectivity index (χ0n) is 18.2. The standard InChI is InChI=1S/C24H36N4O/c1-18(2)26-11-8-20(9-12-26)28-14-13-27(17-21(28)10-15-29)24-16-19(3)22-6-4-5-7-23(22)25-24/h4-7,16,18,20-21,29H,8-15,17H2,1-3H3/t21-/m0/s1. The number of aliphatic hydroxyl groups is 1. The number of aryl methyl sites for hydroxylation is 1. The molecule has 0 spiro atoms. The van der Waals surface area contributed by atoms with Gasteiger partial charge in [-0.25, -0.2) is 4.98 Å². The summed E-state index contributed by atoms with van der Waals surface area (Å²) in [7, 11) is 0. The maximum atomic E-state index is 9.72. The van der Waals surface area contributed by atoms with Crippen molar-refractivity contribution in [3.8, 4) is 0 Å². The molecule has 0 bridgehead atoms. The van der Waals surface area contributed by atoms with Crippen LogP contribution in [-0.4, -0.2) is 77.3 Å². The molecule has 2 fully saturated rings. The lowest BCUT2D eigenvalue weighted by Crippen LogP contribution is -2.59. The topological polar surface area (TPSA) is 42.8 Å². The van der Waals surface area contributed by atoms with Gasteiger partial charge < -0.3 is 14.9 Å². The van der Waals surface area contributed by atoms with Crippen molar-refractivity contribution in [2.24, 2.45) is 0 Å². The number of fused-ring (bicyclic) bond motifs is 1. The first-order chi connectivity index (χ1) is 14.1. The number of likely N-dealkylation sites (tertiary alicyclic amines) is 1. The maximum absolute atomic E-state index is 9.72. The Hall–Kier alpha value is -1.69. The molecule has 158 valence electrons. The fourth-order valence-electron chi connectivity index (χ4n) is 5.19. The quantitative estimate of drug-likeness (QED) is 0.840. The van der Waals surface area contributed by atoms with Gasteiger partial charge in [0.25, 0.3) is 0 Å². The van der Waals surface area contributed by atoms with Gasteiger partial charge in [-0.3, -0.25) is 4.90 Å². The van der Waals surface area contributed by atoms with Crippen molar-refractivity contribution in [3.05, 3.63) is 35.9 Å². The first kappa shape index (κ1) is 20.6. The number of anilines is 1. The van der Waals surface area contributed by atoms with Crippen LogP contribution in [0.15, 0.2) is 30.3 Å². The average molecular weight is 397 g/mol. The number of benzene rings is 1. The van der Waals surface area contributed by atoms with Gasteiger partial charge in [0, 0.05) is 49.8 Å². The van der Waals surface area contributed by atoms with Crippen molar-refractivity contribution in [1.82, 2.24) is 14.8 Å². The van der Waals surface area contributed by atoms with E-state index in [0.717, 1.165) is 37.4 Å². The van der Waals surface area contributed by atoms with Crippen molar-refractivity contribution in [1.29, 1.82) is 0 Å². The van der Waals surface area contributed by atoms with Crippen LogP contribution >= 0.6 is 0 Å². The van der Waals surface area contributed by atoms with Crippen LogP contribution in [0.25, 0.3) is 10.9 Å². The van der Waals surface area contributed by atoms with E-state index < -0.39 is 0 Å². The largest absolute Gasteiger partial charge is 0.396 e. The molecule has 5 heteroatoms. The van der Waals surface area contributed by atoms with E-state index in [0.29, 0.717) is 18.1 Å². The van der Waals surface area contributed by atoms with E-state index in [9.17, 15) is 5.11 Å². The van der Waals surface area contributed by atoms with Crippen LogP contribution < -0.4 is 4.90 Å². The fraction of sp³-hybridized carbons (Fsp3) is 0.625. The summed E-state index contributed by atoms with van der Waals surface area (Å²) in [5.74, 6) is 1.08. The third-order valence-electron chi connectivity index (χ3n) is 6.92. The molecule has 2 aliphatic rings. The summed E-state index contributed by atoms with van der Waals surface area (Å²) in [6.07, 6.45) is 3.33. The Morgan fingerprint density at radius 1 is 1.10 bits per heavy atom. The number of piperidine rings is 1. The number of aromatic nitrogens is 1. The highest BCUT2D eigenvalue weighted by molar-refractivity contribution is 5.83. The molecule has 2 saturated heterocycles. The van der Waals surface area contributed by atoms with Crippen LogP contribution in [0.1, 0.15) is 38.7 Å². The molecule has 0 unspecified atom stereocenters. The molecule has 0 amide bonds. The molecule has 2 aliphatic heterocycles. The average Bonchev–Trinajstić information content (AvgIpc) is 2.74. The molecule has 0 aliphatic carbocycles. The summed E-state index contributed by atoms with van der Waals surface area (Å²) < 4.78 is 0. The smallest absolute Gasteiger partial charge is 0.129 e. The van der Waals surface area contributed by atoms with Gasteiger partial charge in [-0.2, -0.15) is 0 Å². The Labute approximate surface area is 175 Å². The van der Waals surface area contributed by atoms with E-state index in [1.807, 2.05) is 0 Å². The van der Waals surface area contributed by atoms with Gasteiger partial charge in [-0.1, -0.05) is 18.2 Å². The number of para-hydroxylation sites is 1. The summed E-state index contributed by atoms with van der Waals surface area (Å²) in [5.41, 5.74) is 2.36. The van der Waals surface area contributed by atoms with Gasteiger partial charge in [0.05, 0.1) is 5.52 Å². The van der Waals surface area contributed by atoms with Crippen LogP contribution in [0, 0.1) is 6.92 Å². The molecule has 5 nitrogen and oxygen atoms in total. The molecule has 29 heavy (non-hydrogen) atoms. The first-order valence-electron chi connectivity index (χ1n) is 11.3. The lowest BCUT2D eigenvalue weighted by atomic mass is 9.97. The number of rotatable bonds is 5. The number of hydrogen-bond donors (Lipinski definition) is 1. The first-order valence-corrected chi connectivity index (χ1v) is 11.3. The molecular weight excluding hydrogens is 360 g/mol. The Bertz CT molecular complexity index is 816. The number of aliphatic hydroxyl groups excluding tert-OH is 1. The summed E-state index contributed by atoms with van der Waals surface area (Å²) in [5, 5.41) is 11.0. The molecule has 1 N–H and O–H groups in total. The van der Waals surface area contributed by atoms with Gasteiger partial charge in [-0.15, -0.1) is 0 Å². The second kappa shape index (κ2) is 8.99. The minimum atomic E-state index is 0.254. The predicted octanol–water partition coefficient (Wildman–Crippen LogP) is 3.29. The SMILES string of the molecule is Cc1cc(N2CCN(C3CCN(C(C)C)CC3)[C@@H](CCO)C2)nc2ccccc12. The van der Waals surface area contributed by atoms with Crippen LogP contribution in [0.5, 0.6) is 0 Å². The summed E-state index contributed by atoms with van der Waals surface area (Å²) in [6, 6.07) is 12.3. The van der Waals surface area contributed by atoms with Crippen molar-refractivity contribution < 1.29 is 5.11 Å². The molecule has 0 saturated carbocycles. The van der Waals surface area contributed by atoms with E-state index in [-0.39, 0.29) is 6.61 Å². The Balaban J connectivity index is 1.48. The van der Waals surface area contributed by atoms with Crippen molar-refractivity contribution in [2.45, 2.75) is 58.2 Å². The van der Waals surface area contributed by atoms with Gasteiger partial charge in [-0.05, 0) is 70.8 Å². The Morgan fingerprint density at radius 3 is 2.59 bits per heavy atom. The molecule has 1 aromatic heterocycles. The fourth-order valence-corrected chi connectivity index (χ4v) is 5.19. The lowest BCUT2D eigenvalue weighted by Gasteiger charge is -2.48. The maximum Gasteiger partial charge on any atom is 0.129 e. The number of hydrogen-bond acceptors (Lipinski definition) is 5. The summed E-state index contributed by atoms with van der Waals surface area (Å²) in [6.45, 7) is 12.4. The van der Waals surface area contributed by atoms with E-state index in [4.69, 9.17) is 4.98 Å². The van der Waals surface area contributed by atoms with Crippen LogP contribution in [0.2, 0.25) is 0 Å². The number of pyridine rings is 1. The minimum absolute atomic E-state index is 0.254. The van der Waals surface area contributed by atoms with E-state index in [1.165, 1.54) is 36.9 Å². The normalized spacial score (nSPS) is 22.7. The monoisotopic (exact) mass is 396 g/mol. The molecule has 4 rings (SSSR count). The van der Waals surface area contributed by atoms with Crippen LogP contribution in [-0.2, 0) is 0 Å². The highest BCUT2D eigenvalue weighted by atomic mass is 16.3.